The average molecular weight is 443 g/mol. The highest BCUT2D eigenvalue weighted by Crippen LogP contribution is 2.36. The highest BCUT2D eigenvalue weighted by atomic mass is 16.2. The van der Waals surface area contributed by atoms with Gasteiger partial charge in [-0.15, -0.1) is 0 Å². The van der Waals surface area contributed by atoms with Gasteiger partial charge < -0.3 is 4.90 Å². The van der Waals surface area contributed by atoms with Gasteiger partial charge in [-0.25, -0.2) is 0 Å². The van der Waals surface area contributed by atoms with Crippen molar-refractivity contribution in [3.8, 4) is 0 Å². The molecule has 0 saturated carbocycles. The lowest BCUT2D eigenvalue weighted by molar-refractivity contribution is -0.129. The summed E-state index contributed by atoms with van der Waals surface area (Å²) in [5.41, 5.74) is 5.53. The van der Waals surface area contributed by atoms with E-state index in [1.165, 1.54) is 24.0 Å². The minimum atomic E-state index is -0.142. The Bertz CT molecular complexity index is 1140. The number of allylic oxidation sites excluding steroid dienone is 1. The van der Waals surface area contributed by atoms with Gasteiger partial charge in [0.15, 0.2) is 0 Å². The van der Waals surface area contributed by atoms with Crippen molar-refractivity contribution in [3.63, 3.8) is 0 Å². The number of tetrazole rings is 1. The van der Waals surface area contributed by atoms with Crippen LogP contribution in [-0.2, 0) is 4.79 Å². The van der Waals surface area contributed by atoms with Crippen LogP contribution >= 0.6 is 0 Å². The molecule has 2 aliphatic heterocycles. The average Bonchev–Trinajstić information content (AvgIpc) is 3.15. The largest absolute Gasteiger partial charge is 0.341 e. The summed E-state index contributed by atoms with van der Waals surface area (Å²) in [5, 5.41) is 12.7. The lowest BCUT2D eigenvalue weighted by Crippen LogP contribution is -2.42. The second-order valence-corrected chi connectivity index (χ2v) is 9.08. The summed E-state index contributed by atoms with van der Waals surface area (Å²) in [7, 11) is 0. The minimum absolute atomic E-state index is 0.123. The van der Waals surface area contributed by atoms with Gasteiger partial charge in [0.1, 0.15) is 12.6 Å². The minimum Gasteiger partial charge on any atom is -0.341 e. The molecule has 7 nitrogen and oxygen atoms in total. The fourth-order valence-electron chi connectivity index (χ4n) is 4.65. The normalized spacial score (nSPS) is 18.5. The predicted molar refractivity (Wildman–Crippen MR) is 129 cm³/mol. The summed E-state index contributed by atoms with van der Waals surface area (Å²) in [6.07, 6.45) is 6.70. The second kappa shape index (κ2) is 9.17. The quantitative estimate of drug-likeness (QED) is 0.607. The molecule has 170 valence electrons. The number of rotatable bonds is 4. The van der Waals surface area contributed by atoms with Crippen LogP contribution in [0.3, 0.4) is 0 Å². The molecule has 0 unspecified atom stereocenters. The molecule has 0 aliphatic carbocycles. The summed E-state index contributed by atoms with van der Waals surface area (Å²) in [6, 6.07) is 16.7. The molecule has 1 atom stereocenters. The predicted octanol–water partition coefficient (Wildman–Crippen LogP) is 4.14. The van der Waals surface area contributed by atoms with Crippen LogP contribution in [0.1, 0.15) is 54.0 Å². The maximum absolute atomic E-state index is 13.3. The first-order valence-electron chi connectivity index (χ1n) is 11.8. The van der Waals surface area contributed by atoms with Gasteiger partial charge in [-0.2, -0.15) is 4.68 Å². The highest BCUT2D eigenvalue weighted by Gasteiger charge is 2.33. The molecular weight excluding hydrogens is 412 g/mol. The Hall–Kier alpha value is -3.48. The molecule has 1 fully saturated rings. The van der Waals surface area contributed by atoms with Gasteiger partial charge in [0.05, 0.1) is 5.70 Å². The van der Waals surface area contributed by atoms with E-state index in [9.17, 15) is 4.79 Å². The monoisotopic (exact) mass is 442 g/mol. The van der Waals surface area contributed by atoms with E-state index < -0.39 is 0 Å². The first-order valence-corrected chi connectivity index (χ1v) is 11.8. The molecule has 5 rings (SSSR count). The molecular formula is C26H30N6O. The van der Waals surface area contributed by atoms with Crippen LogP contribution in [0.15, 0.2) is 54.6 Å². The highest BCUT2D eigenvalue weighted by molar-refractivity contribution is 5.89. The molecule has 7 heteroatoms. The zero-order chi connectivity index (χ0) is 22.8. The Morgan fingerprint density at radius 1 is 0.909 bits per heavy atom. The van der Waals surface area contributed by atoms with Crippen LogP contribution in [0.5, 0.6) is 0 Å². The molecule has 2 aliphatic rings. The number of benzene rings is 2. The third-order valence-corrected chi connectivity index (χ3v) is 6.61. The standard InChI is InChI=1S/C26H30N6O/c1-19-7-11-21(12-8-19)23-17-24(22-13-9-20(2)10-14-22)32-26(27-28-29-32)31(23)18-25(33)30-15-5-3-4-6-16-30/h7-14,17,24H,3-6,15-16,18H2,1-2H3/t24-/m0/s1. The number of carbonyl (C=O) groups excluding carboxylic acids is 1. The number of fused-ring (bicyclic) bond motifs is 1. The molecule has 3 heterocycles. The SMILES string of the molecule is Cc1ccc(C2=C[C@@H](c3ccc(C)cc3)n3nnnc3N2CC(=O)N2CCCCCC2)cc1. The zero-order valence-electron chi connectivity index (χ0n) is 19.3. The Morgan fingerprint density at radius 2 is 1.55 bits per heavy atom. The van der Waals surface area contributed by atoms with Crippen molar-refractivity contribution in [2.24, 2.45) is 0 Å². The van der Waals surface area contributed by atoms with Gasteiger partial charge in [-0.3, -0.25) is 9.69 Å². The van der Waals surface area contributed by atoms with E-state index in [0.717, 1.165) is 42.8 Å². The van der Waals surface area contributed by atoms with Crippen LogP contribution in [0.4, 0.5) is 5.95 Å². The van der Waals surface area contributed by atoms with E-state index in [0.29, 0.717) is 5.95 Å². The van der Waals surface area contributed by atoms with Crippen molar-refractivity contribution in [1.82, 2.24) is 25.1 Å². The number of nitrogens with zero attached hydrogens (tertiary/aromatic N) is 6. The van der Waals surface area contributed by atoms with E-state index in [-0.39, 0.29) is 18.5 Å². The van der Waals surface area contributed by atoms with E-state index in [1.54, 1.807) is 0 Å². The molecule has 0 radical (unpaired) electrons. The van der Waals surface area contributed by atoms with E-state index in [2.05, 4.69) is 84.0 Å². The summed E-state index contributed by atoms with van der Waals surface area (Å²) in [5.74, 6) is 0.722. The zero-order valence-corrected chi connectivity index (χ0v) is 19.3. The number of aryl methyl sites for hydroxylation is 2. The van der Waals surface area contributed by atoms with Crippen LogP contribution in [0.25, 0.3) is 5.70 Å². The molecule has 0 spiro atoms. The molecule has 0 N–H and O–H groups in total. The summed E-state index contributed by atoms with van der Waals surface area (Å²) in [4.78, 5) is 17.3. The van der Waals surface area contributed by atoms with E-state index >= 15 is 0 Å². The van der Waals surface area contributed by atoms with Crippen molar-refractivity contribution in [3.05, 3.63) is 76.9 Å². The fourth-order valence-corrected chi connectivity index (χ4v) is 4.65. The summed E-state index contributed by atoms with van der Waals surface area (Å²) >= 11 is 0. The van der Waals surface area contributed by atoms with Crippen molar-refractivity contribution in [2.75, 3.05) is 24.5 Å². The van der Waals surface area contributed by atoms with Gasteiger partial charge in [0.2, 0.25) is 5.91 Å². The topological polar surface area (TPSA) is 67.2 Å². The molecule has 2 aromatic carbocycles. The van der Waals surface area contributed by atoms with E-state index in [1.807, 2.05) is 14.5 Å². The number of likely N-dealkylation sites (tertiary alicyclic amines) is 1. The molecule has 1 saturated heterocycles. The van der Waals surface area contributed by atoms with Crippen LogP contribution in [0, 0.1) is 13.8 Å². The van der Waals surface area contributed by atoms with Gasteiger partial charge in [-0.1, -0.05) is 77.6 Å². The van der Waals surface area contributed by atoms with Crippen molar-refractivity contribution in [2.45, 2.75) is 45.6 Å². The fraction of sp³-hybridized carbons (Fsp3) is 0.385. The number of anilines is 1. The van der Waals surface area contributed by atoms with Crippen LogP contribution in [-0.4, -0.2) is 50.6 Å². The lowest BCUT2D eigenvalue weighted by Gasteiger charge is -2.34. The Balaban J connectivity index is 1.55. The number of hydrogen-bond donors (Lipinski definition) is 0. The first kappa shape index (κ1) is 21.4. The Morgan fingerprint density at radius 3 is 2.21 bits per heavy atom. The second-order valence-electron chi connectivity index (χ2n) is 9.08. The Kier molecular flexibility index (Phi) is 5.94. The maximum Gasteiger partial charge on any atom is 0.251 e. The smallest absolute Gasteiger partial charge is 0.251 e. The van der Waals surface area contributed by atoms with Crippen LogP contribution < -0.4 is 4.90 Å². The van der Waals surface area contributed by atoms with Gasteiger partial charge in [-0.05, 0) is 54.3 Å². The number of aromatic nitrogens is 4. The van der Waals surface area contributed by atoms with E-state index in [4.69, 9.17) is 0 Å². The van der Waals surface area contributed by atoms with Gasteiger partial charge >= 0.3 is 0 Å². The first-order chi connectivity index (χ1) is 16.1. The number of carbonyl (C=O) groups is 1. The third-order valence-electron chi connectivity index (χ3n) is 6.61. The lowest BCUT2D eigenvalue weighted by atomic mass is 9.99. The van der Waals surface area contributed by atoms with Crippen molar-refractivity contribution in [1.29, 1.82) is 0 Å². The van der Waals surface area contributed by atoms with Gasteiger partial charge in [0, 0.05) is 13.1 Å². The number of hydrogen-bond acceptors (Lipinski definition) is 5. The molecule has 3 aromatic rings. The maximum atomic E-state index is 13.3. The summed E-state index contributed by atoms with van der Waals surface area (Å²) < 4.78 is 1.82. The molecule has 33 heavy (non-hydrogen) atoms. The summed E-state index contributed by atoms with van der Waals surface area (Å²) in [6.45, 7) is 6.03. The molecule has 0 bridgehead atoms. The van der Waals surface area contributed by atoms with Crippen molar-refractivity contribution >= 4 is 17.6 Å². The molecule has 1 aromatic heterocycles. The number of amides is 1. The third kappa shape index (κ3) is 4.40. The van der Waals surface area contributed by atoms with Crippen molar-refractivity contribution < 1.29 is 4.79 Å². The van der Waals surface area contributed by atoms with Gasteiger partial charge in [0.25, 0.3) is 5.95 Å². The van der Waals surface area contributed by atoms with Crippen LogP contribution in [0.2, 0.25) is 0 Å². The molecule has 1 amide bonds. The Labute approximate surface area is 194 Å².